The maximum atomic E-state index is 7.58. The maximum Gasteiger partial charge on any atom is 0.215 e. The zero-order valence-corrected chi connectivity index (χ0v) is 11.3. The minimum atomic E-state index is -0.0625. The lowest BCUT2D eigenvalue weighted by Crippen LogP contribution is -2.23. The number of anilines is 1. The van der Waals surface area contributed by atoms with Crippen molar-refractivity contribution in [1.29, 1.82) is 5.41 Å². The second-order valence-corrected chi connectivity index (χ2v) is 4.78. The number of fused-ring (bicyclic) bond motifs is 1. The number of nitrogens with one attached hydrogen (secondary N) is 2. The van der Waals surface area contributed by atoms with Gasteiger partial charge in [-0.05, 0) is 24.1 Å². The van der Waals surface area contributed by atoms with Gasteiger partial charge in [0.15, 0.2) is 0 Å². The Balaban J connectivity index is 1.95. The van der Waals surface area contributed by atoms with Crippen molar-refractivity contribution in [2.75, 3.05) is 19.0 Å². The van der Waals surface area contributed by atoms with Crippen molar-refractivity contribution < 1.29 is 4.74 Å². The number of rotatable bonds is 3. The van der Waals surface area contributed by atoms with Crippen LogP contribution in [0.15, 0.2) is 24.3 Å². The molecule has 4 N–H and O–H groups in total. The molecule has 0 bridgehead atoms. The van der Waals surface area contributed by atoms with Crippen LogP contribution in [0.2, 0.25) is 0 Å². The Bertz CT molecular complexity index is 662. The van der Waals surface area contributed by atoms with Gasteiger partial charge in [0.1, 0.15) is 11.6 Å². The highest BCUT2D eigenvalue weighted by Crippen LogP contribution is 2.27. The normalized spacial score (nSPS) is 12.8. The molecule has 1 aromatic carbocycles. The Kier molecular flexibility index (Phi) is 3.06. The molecule has 1 aromatic heterocycles. The molecule has 0 saturated carbocycles. The van der Waals surface area contributed by atoms with E-state index in [1.54, 1.807) is 7.11 Å². The Hall–Kier alpha value is -2.50. The number of nitrogen functional groups attached to an aromatic ring is 1. The van der Waals surface area contributed by atoms with Crippen LogP contribution in [0.25, 0.3) is 0 Å². The molecule has 0 fully saturated rings. The summed E-state index contributed by atoms with van der Waals surface area (Å²) >= 11 is 0. The van der Waals surface area contributed by atoms with E-state index in [1.165, 1.54) is 4.68 Å². The number of methoxy groups -OCH3 is 1. The summed E-state index contributed by atoms with van der Waals surface area (Å²) in [6.45, 7) is 0.867. The first kappa shape index (κ1) is 12.5. The zero-order chi connectivity index (χ0) is 14.1. The Morgan fingerprint density at radius 2 is 2.40 bits per heavy atom. The molecule has 2 heterocycles. The van der Waals surface area contributed by atoms with Gasteiger partial charge in [0.2, 0.25) is 5.96 Å². The first-order valence-corrected chi connectivity index (χ1v) is 6.51. The molecule has 2 aromatic rings. The lowest BCUT2D eigenvalue weighted by molar-refractivity contribution is 0.414. The van der Waals surface area contributed by atoms with E-state index in [0.717, 1.165) is 41.4 Å². The quantitative estimate of drug-likeness (QED) is 0.578. The molecule has 0 saturated heterocycles. The van der Waals surface area contributed by atoms with Gasteiger partial charge in [0.25, 0.3) is 0 Å². The van der Waals surface area contributed by atoms with E-state index in [2.05, 4.69) is 10.4 Å². The smallest absolute Gasteiger partial charge is 0.215 e. The van der Waals surface area contributed by atoms with Crippen LogP contribution in [0.1, 0.15) is 16.8 Å². The van der Waals surface area contributed by atoms with Crippen LogP contribution < -0.4 is 15.8 Å². The van der Waals surface area contributed by atoms with Crippen LogP contribution in [0.4, 0.5) is 5.82 Å². The third kappa shape index (κ3) is 2.09. The SMILES string of the molecule is COc1cccc(Cc2nn(C(=N)N)c3c2CCN3)c1. The van der Waals surface area contributed by atoms with Crippen molar-refractivity contribution in [3.63, 3.8) is 0 Å². The van der Waals surface area contributed by atoms with Crippen molar-refractivity contribution in [2.45, 2.75) is 12.8 Å². The van der Waals surface area contributed by atoms with E-state index in [1.807, 2.05) is 24.3 Å². The summed E-state index contributed by atoms with van der Waals surface area (Å²) in [5, 5.41) is 15.3. The third-order valence-electron chi connectivity index (χ3n) is 3.47. The van der Waals surface area contributed by atoms with E-state index in [-0.39, 0.29) is 5.96 Å². The van der Waals surface area contributed by atoms with Gasteiger partial charge in [-0.2, -0.15) is 9.78 Å². The van der Waals surface area contributed by atoms with Gasteiger partial charge in [-0.15, -0.1) is 0 Å². The fourth-order valence-electron chi connectivity index (χ4n) is 2.54. The molecule has 0 spiro atoms. The van der Waals surface area contributed by atoms with Crippen molar-refractivity contribution >= 4 is 11.8 Å². The van der Waals surface area contributed by atoms with Crippen LogP contribution >= 0.6 is 0 Å². The van der Waals surface area contributed by atoms with E-state index < -0.39 is 0 Å². The van der Waals surface area contributed by atoms with E-state index in [9.17, 15) is 0 Å². The molecule has 0 radical (unpaired) electrons. The van der Waals surface area contributed by atoms with E-state index in [0.29, 0.717) is 6.42 Å². The summed E-state index contributed by atoms with van der Waals surface area (Å²) in [4.78, 5) is 0. The van der Waals surface area contributed by atoms with Gasteiger partial charge in [-0.25, -0.2) is 0 Å². The number of hydrogen-bond donors (Lipinski definition) is 3. The van der Waals surface area contributed by atoms with Crippen LogP contribution in [0, 0.1) is 5.41 Å². The van der Waals surface area contributed by atoms with Crippen LogP contribution in [-0.2, 0) is 12.8 Å². The first-order valence-electron chi connectivity index (χ1n) is 6.51. The lowest BCUT2D eigenvalue weighted by Gasteiger charge is -2.04. The molecule has 3 rings (SSSR count). The number of hydrogen-bond acceptors (Lipinski definition) is 4. The highest BCUT2D eigenvalue weighted by molar-refractivity contribution is 5.81. The van der Waals surface area contributed by atoms with Gasteiger partial charge < -0.3 is 15.8 Å². The molecule has 0 atom stereocenters. The second kappa shape index (κ2) is 4.88. The molecular weight excluding hydrogens is 254 g/mol. The summed E-state index contributed by atoms with van der Waals surface area (Å²) in [5.74, 6) is 1.63. The number of aromatic nitrogens is 2. The highest BCUT2D eigenvalue weighted by Gasteiger charge is 2.23. The monoisotopic (exact) mass is 271 g/mol. The van der Waals surface area contributed by atoms with E-state index >= 15 is 0 Å². The number of ether oxygens (including phenoxy) is 1. The molecule has 20 heavy (non-hydrogen) atoms. The number of benzene rings is 1. The van der Waals surface area contributed by atoms with Gasteiger partial charge in [0.05, 0.1) is 12.8 Å². The lowest BCUT2D eigenvalue weighted by atomic mass is 10.1. The summed E-state index contributed by atoms with van der Waals surface area (Å²) < 4.78 is 6.71. The fraction of sp³-hybridized carbons (Fsp3) is 0.286. The van der Waals surface area contributed by atoms with Crippen LogP contribution in [-0.4, -0.2) is 29.4 Å². The molecule has 0 aliphatic carbocycles. The summed E-state index contributed by atoms with van der Waals surface area (Å²) in [6.07, 6.45) is 1.63. The summed E-state index contributed by atoms with van der Waals surface area (Å²) in [6, 6.07) is 7.93. The van der Waals surface area contributed by atoms with E-state index in [4.69, 9.17) is 15.9 Å². The molecule has 6 nitrogen and oxygen atoms in total. The summed E-state index contributed by atoms with van der Waals surface area (Å²) in [7, 11) is 1.66. The highest BCUT2D eigenvalue weighted by atomic mass is 16.5. The topological polar surface area (TPSA) is 89.0 Å². The van der Waals surface area contributed by atoms with Gasteiger partial charge in [-0.3, -0.25) is 5.41 Å². The Morgan fingerprint density at radius 1 is 1.55 bits per heavy atom. The second-order valence-electron chi connectivity index (χ2n) is 4.78. The Labute approximate surface area is 117 Å². The Morgan fingerprint density at radius 3 is 3.15 bits per heavy atom. The molecule has 0 unspecified atom stereocenters. The summed E-state index contributed by atoms with van der Waals surface area (Å²) in [5.41, 5.74) is 8.82. The third-order valence-corrected chi connectivity index (χ3v) is 3.47. The molecule has 1 aliphatic rings. The molecule has 104 valence electrons. The number of nitrogens with two attached hydrogens (primary N) is 1. The molecule has 6 heteroatoms. The van der Waals surface area contributed by atoms with Crippen LogP contribution in [0.5, 0.6) is 5.75 Å². The van der Waals surface area contributed by atoms with Crippen molar-refractivity contribution in [1.82, 2.24) is 9.78 Å². The number of nitrogens with zero attached hydrogens (tertiary/aromatic N) is 2. The fourth-order valence-corrected chi connectivity index (χ4v) is 2.54. The average Bonchev–Trinajstić information content (AvgIpc) is 3.02. The van der Waals surface area contributed by atoms with Gasteiger partial charge >= 0.3 is 0 Å². The predicted octanol–water partition coefficient (Wildman–Crippen LogP) is 1.19. The molecule has 1 aliphatic heterocycles. The van der Waals surface area contributed by atoms with Gasteiger partial charge in [-0.1, -0.05) is 12.1 Å². The van der Waals surface area contributed by atoms with Crippen molar-refractivity contribution in [3.05, 3.63) is 41.1 Å². The van der Waals surface area contributed by atoms with Crippen LogP contribution in [0.3, 0.4) is 0 Å². The standard InChI is InChI=1S/C14H17N5O/c1-20-10-4-2-3-9(7-10)8-12-11-5-6-17-13(11)19(18-12)14(15)16/h2-4,7,17H,5-6,8H2,1H3,(H3,15,16). The van der Waals surface area contributed by atoms with Crippen molar-refractivity contribution in [2.24, 2.45) is 5.73 Å². The predicted molar refractivity (Wildman–Crippen MR) is 77.5 cm³/mol. The van der Waals surface area contributed by atoms with Crippen molar-refractivity contribution in [3.8, 4) is 5.75 Å². The molecule has 0 amide bonds. The molecular formula is C14H17N5O. The first-order chi connectivity index (χ1) is 9.69. The zero-order valence-electron chi connectivity index (χ0n) is 11.3. The van der Waals surface area contributed by atoms with Gasteiger partial charge in [0, 0.05) is 18.5 Å². The minimum Gasteiger partial charge on any atom is -0.497 e. The minimum absolute atomic E-state index is 0.0625. The maximum absolute atomic E-state index is 7.58. The largest absolute Gasteiger partial charge is 0.497 e. The average molecular weight is 271 g/mol.